The molecule has 0 atom stereocenters. The molecule has 0 unspecified atom stereocenters. The summed E-state index contributed by atoms with van der Waals surface area (Å²) in [7, 11) is 1.61. The van der Waals surface area contributed by atoms with Gasteiger partial charge in [-0.15, -0.1) is 0 Å². The van der Waals surface area contributed by atoms with Gasteiger partial charge < -0.3 is 4.84 Å². The number of rotatable bonds is 3. The topological polar surface area (TPSA) is 86.0 Å². The Morgan fingerprint density at radius 3 is 2.65 bits per heavy atom. The van der Waals surface area contributed by atoms with E-state index >= 15 is 0 Å². The predicted molar refractivity (Wildman–Crippen MR) is 127 cm³/mol. The van der Waals surface area contributed by atoms with Crippen LogP contribution in [0.4, 0.5) is 10.1 Å². The number of pyridine rings is 1. The molecule has 4 aromatic rings. The molecule has 0 aliphatic carbocycles. The molecule has 0 fully saturated rings. The summed E-state index contributed by atoms with van der Waals surface area (Å²) in [5.74, 6) is 0.0905. The van der Waals surface area contributed by atoms with Crippen LogP contribution in [0.1, 0.15) is 17.3 Å². The van der Waals surface area contributed by atoms with Crippen molar-refractivity contribution in [2.24, 2.45) is 7.05 Å². The highest BCUT2D eigenvalue weighted by atomic mass is 35.5. The molecule has 0 radical (unpaired) electrons. The van der Waals surface area contributed by atoms with Gasteiger partial charge in [-0.2, -0.15) is 5.06 Å². The van der Waals surface area contributed by atoms with Crippen molar-refractivity contribution in [2.75, 3.05) is 5.06 Å². The van der Waals surface area contributed by atoms with Gasteiger partial charge in [-0.1, -0.05) is 11.6 Å². The van der Waals surface area contributed by atoms with Crippen LogP contribution in [0.25, 0.3) is 27.9 Å². The van der Waals surface area contributed by atoms with Gasteiger partial charge in [0.2, 0.25) is 0 Å². The van der Waals surface area contributed by atoms with Crippen LogP contribution >= 0.6 is 11.6 Å². The van der Waals surface area contributed by atoms with Gasteiger partial charge in [0.05, 0.1) is 11.9 Å². The highest BCUT2D eigenvalue weighted by Crippen LogP contribution is 2.31. The maximum absolute atomic E-state index is 14.9. The first-order chi connectivity index (χ1) is 16.3. The van der Waals surface area contributed by atoms with E-state index in [0.29, 0.717) is 11.4 Å². The van der Waals surface area contributed by atoms with Crippen molar-refractivity contribution in [1.29, 1.82) is 0 Å². The summed E-state index contributed by atoms with van der Waals surface area (Å²) < 4.78 is 16.3. The summed E-state index contributed by atoms with van der Waals surface area (Å²) in [6.07, 6.45) is 6.50. The smallest absolute Gasteiger partial charge is 0.279 e. The fourth-order valence-corrected chi connectivity index (χ4v) is 3.71. The number of fused-ring (bicyclic) bond motifs is 1. The second kappa shape index (κ2) is 8.35. The highest BCUT2D eigenvalue weighted by Gasteiger charge is 2.21. The normalized spacial score (nSPS) is 13.2. The second-order valence-corrected chi connectivity index (χ2v) is 8.15. The van der Waals surface area contributed by atoms with E-state index in [9.17, 15) is 9.18 Å². The van der Waals surface area contributed by atoms with E-state index < -0.39 is 5.82 Å². The lowest BCUT2D eigenvalue weighted by molar-refractivity contribution is 0.246. The zero-order valence-corrected chi connectivity index (χ0v) is 19.2. The zero-order chi connectivity index (χ0) is 24.0. The van der Waals surface area contributed by atoms with E-state index in [2.05, 4.69) is 19.9 Å². The fourth-order valence-electron chi connectivity index (χ4n) is 3.56. The van der Waals surface area contributed by atoms with Crippen LogP contribution in [0.2, 0.25) is 5.02 Å². The third-order valence-corrected chi connectivity index (χ3v) is 5.64. The van der Waals surface area contributed by atoms with Crippen LogP contribution in [0.15, 0.2) is 59.9 Å². The lowest BCUT2D eigenvalue weighted by Gasteiger charge is -2.22. The van der Waals surface area contributed by atoms with Crippen LogP contribution in [0.5, 0.6) is 0 Å². The Kier molecular flexibility index (Phi) is 5.33. The van der Waals surface area contributed by atoms with Gasteiger partial charge in [0, 0.05) is 35.1 Å². The molecule has 8 nitrogen and oxygen atoms in total. The van der Waals surface area contributed by atoms with Crippen molar-refractivity contribution < 1.29 is 9.23 Å². The molecule has 1 aromatic carbocycles. The molecule has 34 heavy (non-hydrogen) atoms. The largest absolute Gasteiger partial charge is 0.383 e. The minimum Gasteiger partial charge on any atom is -0.383 e. The molecule has 1 aliphatic rings. The number of hydroxylamine groups is 1. The number of aromatic nitrogens is 5. The lowest BCUT2D eigenvalue weighted by Crippen LogP contribution is -2.23. The molecule has 0 saturated carbocycles. The Balaban J connectivity index is 1.75. The number of benzene rings is 1. The molecular weight excluding hydrogens is 459 g/mol. The second-order valence-electron chi connectivity index (χ2n) is 7.71. The van der Waals surface area contributed by atoms with Crippen LogP contribution in [-0.2, 0) is 11.9 Å². The summed E-state index contributed by atoms with van der Waals surface area (Å²) in [5, 5.41) is 1.78. The monoisotopic (exact) mass is 476 g/mol. The average Bonchev–Trinajstić information content (AvgIpc) is 2.82. The number of halogens is 2. The summed E-state index contributed by atoms with van der Waals surface area (Å²) in [4.78, 5) is 36.5. The maximum Gasteiger partial charge on any atom is 0.279 e. The minimum atomic E-state index is -0.580. The number of aryl methyl sites for hydroxylation is 2. The molecule has 0 N–H and O–H groups in total. The third-order valence-electron chi connectivity index (χ3n) is 5.41. The van der Waals surface area contributed by atoms with Crippen LogP contribution in [0, 0.1) is 19.7 Å². The van der Waals surface area contributed by atoms with Gasteiger partial charge in [0.1, 0.15) is 29.1 Å². The van der Waals surface area contributed by atoms with E-state index in [1.165, 1.54) is 28.0 Å². The van der Waals surface area contributed by atoms with Gasteiger partial charge >= 0.3 is 0 Å². The first kappa shape index (κ1) is 21.7. The predicted octanol–water partition coefficient (Wildman–Crippen LogP) is 4.50. The van der Waals surface area contributed by atoms with Gasteiger partial charge in [-0.3, -0.25) is 14.3 Å². The molecular formula is C24H18ClFN6O2. The number of anilines is 1. The van der Waals surface area contributed by atoms with Gasteiger partial charge in [0.25, 0.3) is 5.56 Å². The molecule has 1 aliphatic heterocycles. The average molecular weight is 477 g/mol. The Bertz CT molecular complexity index is 1580. The summed E-state index contributed by atoms with van der Waals surface area (Å²) in [6, 6.07) is 7.91. The molecule has 10 heteroatoms. The standard InChI is InChI=1S/C24H18ClFN6O2/c1-13-10-17(6-8-27-13)32-12-15(7-9-34-32)23-29-20(18-5-4-16(25)11-19(18)26)21-22(30-23)24(33)31(3)14(2)28-21/h4-12H,1-3H3. The van der Waals surface area contributed by atoms with Crippen molar-refractivity contribution in [3.05, 3.63) is 93.6 Å². The quantitative estimate of drug-likeness (QED) is 0.430. The number of allylic oxidation sites excluding steroid dienone is 2. The first-order valence-electron chi connectivity index (χ1n) is 10.3. The van der Waals surface area contributed by atoms with Crippen LogP contribution < -0.4 is 10.6 Å². The third kappa shape index (κ3) is 3.80. The van der Waals surface area contributed by atoms with E-state index in [0.717, 1.165) is 11.4 Å². The number of nitrogens with zero attached hydrogens (tertiary/aromatic N) is 6. The van der Waals surface area contributed by atoms with Gasteiger partial charge in [-0.05, 0) is 50.3 Å². The fraction of sp³-hybridized carbons (Fsp3) is 0.125. The van der Waals surface area contributed by atoms with Crippen molar-refractivity contribution in [3.63, 3.8) is 0 Å². The van der Waals surface area contributed by atoms with Crippen molar-refractivity contribution >= 4 is 33.9 Å². The Morgan fingerprint density at radius 1 is 1.06 bits per heavy atom. The Labute approximate surface area is 198 Å². The van der Waals surface area contributed by atoms with E-state index in [1.54, 1.807) is 44.6 Å². The van der Waals surface area contributed by atoms with Crippen molar-refractivity contribution in [1.82, 2.24) is 24.5 Å². The van der Waals surface area contributed by atoms with Gasteiger partial charge in [-0.25, -0.2) is 19.3 Å². The number of hydrogen-bond donors (Lipinski definition) is 0. The minimum absolute atomic E-state index is 0.0783. The van der Waals surface area contributed by atoms with Crippen molar-refractivity contribution in [2.45, 2.75) is 13.8 Å². The van der Waals surface area contributed by atoms with Crippen LogP contribution in [-0.4, -0.2) is 24.5 Å². The highest BCUT2D eigenvalue weighted by molar-refractivity contribution is 6.30. The Hall–Kier alpha value is -4.11. The summed E-state index contributed by atoms with van der Waals surface area (Å²) in [5.41, 5.74) is 2.41. The molecule has 0 amide bonds. The first-order valence-corrected chi connectivity index (χ1v) is 10.7. The molecule has 5 rings (SSSR count). The van der Waals surface area contributed by atoms with E-state index in [4.69, 9.17) is 16.4 Å². The molecule has 0 saturated heterocycles. The zero-order valence-electron chi connectivity index (χ0n) is 18.5. The summed E-state index contributed by atoms with van der Waals surface area (Å²) in [6.45, 7) is 3.56. The number of hydrogen-bond acceptors (Lipinski definition) is 7. The lowest BCUT2D eigenvalue weighted by atomic mass is 10.1. The van der Waals surface area contributed by atoms with E-state index in [1.807, 2.05) is 13.0 Å². The van der Waals surface area contributed by atoms with Gasteiger partial charge in [0.15, 0.2) is 11.3 Å². The molecule has 0 bridgehead atoms. The molecule has 4 heterocycles. The summed E-state index contributed by atoms with van der Waals surface area (Å²) >= 11 is 5.95. The molecule has 170 valence electrons. The SMILES string of the molecule is Cc1cc(N2C=C(c3nc(-c4ccc(Cl)cc4F)c4nc(C)n(C)c(=O)c4n3)C=CO2)ccn1. The Morgan fingerprint density at radius 2 is 1.88 bits per heavy atom. The van der Waals surface area contributed by atoms with Crippen molar-refractivity contribution in [3.8, 4) is 11.3 Å². The van der Waals surface area contributed by atoms with Crippen LogP contribution in [0.3, 0.4) is 0 Å². The molecule has 3 aromatic heterocycles. The maximum atomic E-state index is 14.9. The molecule has 0 spiro atoms. The van der Waals surface area contributed by atoms with E-state index in [-0.39, 0.29) is 38.7 Å².